The number of methoxy groups -OCH3 is 1. The highest BCUT2D eigenvalue weighted by Gasteiger charge is 2.23. The van der Waals surface area contributed by atoms with Gasteiger partial charge < -0.3 is 24.6 Å². The lowest BCUT2D eigenvalue weighted by molar-refractivity contribution is -0.137. The monoisotopic (exact) mass is 451 g/mol. The molecular formula is C21H23Cl2N3O4. The third-order valence-electron chi connectivity index (χ3n) is 4.74. The topological polar surface area (TPSA) is 71.1 Å². The zero-order chi connectivity index (χ0) is 21.5. The fourth-order valence-corrected chi connectivity index (χ4v) is 3.54. The fraction of sp³-hybridized carbons (Fsp3) is 0.333. The number of piperazine rings is 1. The summed E-state index contributed by atoms with van der Waals surface area (Å²) in [6, 6.07) is 12.8. The maximum absolute atomic E-state index is 12.4. The zero-order valence-electron chi connectivity index (χ0n) is 16.6. The molecule has 0 spiro atoms. The number of para-hydroxylation sites is 2. The van der Waals surface area contributed by atoms with Crippen molar-refractivity contribution < 1.29 is 19.1 Å². The number of carbonyl (C=O) groups excluding carboxylic acids is 2. The predicted octanol–water partition coefficient (Wildman–Crippen LogP) is 3.31. The van der Waals surface area contributed by atoms with Crippen molar-refractivity contribution in [2.45, 2.75) is 0 Å². The van der Waals surface area contributed by atoms with Crippen LogP contribution in [0.15, 0.2) is 42.5 Å². The number of hydrogen-bond donors (Lipinski definition) is 1. The number of carbonyl (C=O) groups is 2. The number of ether oxygens (including phenoxy) is 2. The Kier molecular flexibility index (Phi) is 7.79. The Morgan fingerprint density at radius 1 is 1.00 bits per heavy atom. The number of hydrogen-bond acceptors (Lipinski definition) is 5. The average Bonchev–Trinajstić information content (AvgIpc) is 2.77. The standard InChI is InChI=1S/C21H23Cl2N3O4/c1-29-18-8-3-2-7-17(18)25-9-11-26(12-10-25)20(28)14-30-13-19(27)24-16-6-4-5-15(22)21(16)23/h2-8H,9-14H2,1H3,(H,24,27). The third-order valence-corrected chi connectivity index (χ3v) is 5.56. The molecular weight excluding hydrogens is 429 g/mol. The quantitative estimate of drug-likeness (QED) is 0.698. The van der Waals surface area contributed by atoms with Crippen LogP contribution < -0.4 is 15.0 Å². The molecule has 2 amide bonds. The SMILES string of the molecule is COc1ccccc1N1CCN(C(=O)COCC(=O)Nc2cccc(Cl)c2Cl)CC1. The van der Waals surface area contributed by atoms with Gasteiger partial charge in [0, 0.05) is 26.2 Å². The summed E-state index contributed by atoms with van der Waals surface area (Å²) < 4.78 is 10.7. The van der Waals surface area contributed by atoms with E-state index in [2.05, 4.69) is 10.2 Å². The van der Waals surface area contributed by atoms with Gasteiger partial charge in [0.2, 0.25) is 11.8 Å². The molecule has 0 radical (unpaired) electrons. The molecule has 160 valence electrons. The first-order chi connectivity index (χ1) is 14.5. The van der Waals surface area contributed by atoms with Crippen molar-refractivity contribution in [2.24, 2.45) is 0 Å². The van der Waals surface area contributed by atoms with Crippen LogP contribution in [0.25, 0.3) is 0 Å². The highest BCUT2D eigenvalue weighted by atomic mass is 35.5. The Balaban J connectivity index is 1.42. The van der Waals surface area contributed by atoms with Crippen LogP contribution in [0, 0.1) is 0 Å². The van der Waals surface area contributed by atoms with E-state index in [9.17, 15) is 9.59 Å². The zero-order valence-corrected chi connectivity index (χ0v) is 18.1. The largest absolute Gasteiger partial charge is 0.495 e. The van der Waals surface area contributed by atoms with Gasteiger partial charge in [0.15, 0.2) is 0 Å². The van der Waals surface area contributed by atoms with Gasteiger partial charge in [-0.05, 0) is 24.3 Å². The van der Waals surface area contributed by atoms with E-state index in [1.54, 1.807) is 30.2 Å². The molecule has 2 aromatic rings. The first kappa shape index (κ1) is 22.2. The van der Waals surface area contributed by atoms with Gasteiger partial charge in [-0.3, -0.25) is 9.59 Å². The Bertz CT molecular complexity index is 902. The molecule has 0 aromatic heterocycles. The van der Waals surface area contributed by atoms with E-state index in [-0.39, 0.29) is 24.1 Å². The highest BCUT2D eigenvalue weighted by molar-refractivity contribution is 6.44. The average molecular weight is 452 g/mol. The summed E-state index contributed by atoms with van der Waals surface area (Å²) in [6.45, 7) is 2.12. The first-order valence-electron chi connectivity index (χ1n) is 9.47. The second-order valence-corrected chi connectivity index (χ2v) is 7.47. The Labute approximate surface area is 185 Å². The van der Waals surface area contributed by atoms with Crippen LogP contribution in [0.3, 0.4) is 0 Å². The summed E-state index contributed by atoms with van der Waals surface area (Å²) in [5.41, 5.74) is 1.41. The first-order valence-corrected chi connectivity index (χ1v) is 10.2. The summed E-state index contributed by atoms with van der Waals surface area (Å²) in [4.78, 5) is 28.3. The second kappa shape index (κ2) is 10.5. The van der Waals surface area contributed by atoms with Crippen LogP contribution in [0.4, 0.5) is 11.4 Å². The van der Waals surface area contributed by atoms with Crippen molar-refractivity contribution >= 4 is 46.4 Å². The smallest absolute Gasteiger partial charge is 0.250 e. The minimum Gasteiger partial charge on any atom is -0.495 e. The summed E-state index contributed by atoms with van der Waals surface area (Å²) in [5.74, 6) is 0.252. The molecule has 0 bridgehead atoms. The van der Waals surface area contributed by atoms with Crippen LogP contribution in [0.1, 0.15) is 0 Å². The molecule has 0 atom stereocenters. The number of halogens is 2. The van der Waals surface area contributed by atoms with Crippen molar-refractivity contribution in [3.05, 3.63) is 52.5 Å². The summed E-state index contributed by atoms with van der Waals surface area (Å²) in [6.07, 6.45) is 0. The normalized spacial score (nSPS) is 13.8. The molecule has 7 nitrogen and oxygen atoms in total. The number of nitrogens with zero attached hydrogens (tertiary/aromatic N) is 2. The minimum atomic E-state index is -0.409. The number of anilines is 2. The lowest BCUT2D eigenvalue weighted by atomic mass is 10.2. The molecule has 1 aliphatic rings. The number of benzene rings is 2. The van der Waals surface area contributed by atoms with Gasteiger partial charge in [0.1, 0.15) is 19.0 Å². The molecule has 30 heavy (non-hydrogen) atoms. The van der Waals surface area contributed by atoms with E-state index in [0.717, 1.165) is 11.4 Å². The van der Waals surface area contributed by atoms with E-state index in [0.29, 0.717) is 36.9 Å². The van der Waals surface area contributed by atoms with E-state index in [4.69, 9.17) is 32.7 Å². The molecule has 1 N–H and O–H groups in total. The highest BCUT2D eigenvalue weighted by Crippen LogP contribution is 2.30. The van der Waals surface area contributed by atoms with Crippen molar-refractivity contribution in [2.75, 3.05) is 56.7 Å². The molecule has 0 aliphatic carbocycles. The number of rotatable bonds is 7. The minimum absolute atomic E-state index is 0.150. The van der Waals surface area contributed by atoms with Gasteiger partial charge in [-0.2, -0.15) is 0 Å². The van der Waals surface area contributed by atoms with Gasteiger partial charge in [-0.15, -0.1) is 0 Å². The number of nitrogens with one attached hydrogen (secondary N) is 1. The Hall–Kier alpha value is -2.48. The van der Waals surface area contributed by atoms with Crippen LogP contribution in [0.5, 0.6) is 5.75 Å². The molecule has 2 aromatic carbocycles. The van der Waals surface area contributed by atoms with Crippen molar-refractivity contribution in [1.82, 2.24) is 4.90 Å². The van der Waals surface area contributed by atoms with Crippen LogP contribution in [-0.2, 0) is 14.3 Å². The van der Waals surface area contributed by atoms with Crippen molar-refractivity contribution in [3.63, 3.8) is 0 Å². The van der Waals surface area contributed by atoms with Gasteiger partial charge >= 0.3 is 0 Å². The summed E-state index contributed by atoms with van der Waals surface area (Å²) >= 11 is 12.0. The van der Waals surface area contributed by atoms with E-state index in [1.807, 2.05) is 24.3 Å². The Morgan fingerprint density at radius 2 is 1.73 bits per heavy atom. The van der Waals surface area contributed by atoms with Crippen molar-refractivity contribution in [3.8, 4) is 5.75 Å². The van der Waals surface area contributed by atoms with Gasteiger partial charge in [0.05, 0.1) is 28.5 Å². The summed E-state index contributed by atoms with van der Waals surface area (Å²) in [5, 5.41) is 3.22. The predicted molar refractivity (Wildman–Crippen MR) is 118 cm³/mol. The number of amides is 2. The van der Waals surface area contributed by atoms with E-state index in [1.165, 1.54) is 0 Å². The molecule has 0 unspecified atom stereocenters. The van der Waals surface area contributed by atoms with E-state index < -0.39 is 5.91 Å². The molecule has 1 aliphatic heterocycles. The molecule has 9 heteroatoms. The van der Waals surface area contributed by atoms with Crippen LogP contribution in [-0.4, -0.2) is 63.2 Å². The van der Waals surface area contributed by atoms with Gasteiger partial charge in [-0.25, -0.2) is 0 Å². The van der Waals surface area contributed by atoms with Crippen LogP contribution >= 0.6 is 23.2 Å². The summed E-state index contributed by atoms with van der Waals surface area (Å²) in [7, 11) is 1.65. The lowest BCUT2D eigenvalue weighted by Gasteiger charge is -2.36. The molecule has 1 saturated heterocycles. The molecule has 1 fully saturated rings. The van der Waals surface area contributed by atoms with Crippen molar-refractivity contribution in [1.29, 1.82) is 0 Å². The second-order valence-electron chi connectivity index (χ2n) is 6.68. The van der Waals surface area contributed by atoms with E-state index >= 15 is 0 Å². The lowest BCUT2D eigenvalue weighted by Crippen LogP contribution is -2.50. The van der Waals surface area contributed by atoms with Gasteiger partial charge in [-0.1, -0.05) is 41.4 Å². The molecule has 1 heterocycles. The maximum atomic E-state index is 12.4. The molecule has 3 rings (SSSR count). The Morgan fingerprint density at radius 3 is 2.47 bits per heavy atom. The molecule has 0 saturated carbocycles. The third kappa shape index (κ3) is 5.56. The fourth-order valence-electron chi connectivity index (χ4n) is 3.20. The van der Waals surface area contributed by atoms with Crippen LogP contribution in [0.2, 0.25) is 10.0 Å². The maximum Gasteiger partial charge on any atom is 0.250 e. The van der Waals surface area contributed by atoms with Gasteiger partial charge in [0.25, 0.3) is 0 Å².